The van der Waals surface area contributed by atoms with E-state index in [1.807, 2.05) is 7.05 Å². The maximum absolute atomic E-state index is 13.6. The average molecular weight is 346 g/mol. The fourth-order valence-corrected chi connectivity index (χ4v) is 2.71. The Bertz CT molecular complexity index is 880. The lowest BCUT2D eigenvalue weighted by Crippen LogP contribution is -2.13. The highest BCUT2D eigenvalue weighted by Gasteiger charge is 2.13. The molecule has 0 radical (unpaired) electrons. The van der Waals surface area contributed by atoms with Crippen LogP contribution in [0.3, 0.4) is 0 Å². The SMILES string of the molecule is Cn1cnnc1Sc1ccc(NC(=O)c2ccc(F)cc2F)cc1. The van der Waals surface area contributed by atoms with Gasteiger partial charge in [-0.25, -0.2) is 8.78 Å². The molecule has 0 aliphatic carbocycles. The van der Waals surface area contributed by atoms with Gasteiger partial charge in [0, 0.05) is 23.7 Å². The average Bonchev–Trinajstić information content (AvgIpc) is 2.94. The van der Waals surface area contributed by atoms with Crippen LogP contribution in [0.5, 0.6) is 0 Å². The number of hydrogen-bond acceptors (Lipinski definition) is 4. The lowest BCUT2D eigenvalue weighted by molar-refractivity contribution is 0.102. The molecule has 0 aliphatic heterocycles. The number of nitrogens with zero attached hydrogens (tertiary/aromatic N) is 3. The number of rotatable bonds is 4. The Kier molecular flexibility index (Phi) is 4.57. The minimum Gasteiger partial charge on any atom is -0.322 e. The zero-order chi connectivity index (χ0) is 17.1. The summed E-state index contributed by atoms with van der Waals surface area (Å²) in [6.07, 6.45) is 1.61. The smallest absolute Gasteiger partial charge is 0.258 e. The zero-order valence-electron chi connectivity index (χ0n) is 12.5. The Morgan fingerprint density at radius 2 is 1.92 bits per heavy atom. The lowest BCUT2D eigenvalue weighted by atomic mass is 10.2. The molecule has 1 amide bonds. The van der Waals surface area contributed by atoms with E-state index in [0.717, 1.165) is 22.2 Å². The molecular weight excluding hydrogens is 334 g/mol. The first-order valence-electron chi connectivity index (χ1n) is 6.91. The summed E-state index contributed by atoms with van der Waals surface area (Å²) in [5.74, 6) is -2.27. The molecule has 0 unspecified atom stereocenters. The molecule has 3 aromatic rings. The Labute approximate surface area is 140 Å². The van der Waals surface area contributed by atoms with Gasteiger partial charge in [0.25, 0.3) is 5.91 Å². The van der Waals surface area contributed by atoms with Crippen molar-refractivity contribution < 1.29 is 13.6 Å². The lowest BCUT2D eigenvalue weighted by Gasteiger charge is -2.07. The molecule has 1 aromatic heterocycles. The maximum Gasteiger partial charge on any atom is 0.258 e. The minimum atomic E-state index is -0.901. The van der Waals surface area contributed by atoms with E-state index in [-0.39, 0.29) is 5.56 Å². The van der Waals surface area contributed by atoms with Gasteiger partial charge in [-0.3, -0.25) is 4.79 Å². The molecule has 24 heavy (non-hydrogen) atoms. The van der Waals surface area contributed by atoms with Crippen LogP contribution in [-0.2, 0) is 7.05 Å². The van der Waals surface area contributed by atoms with Gasteiger partial charge in [0.2, 0.25) is 0 Å². The Morgan fingerprint density at radius 1 is 1.17 bits per heavy atom. The van der Waals surface area contributed by atoms with Gasteiger partial charge >= 0.3 is 0 Å². The number of anilines is 1. The molecule has 8 heteroatoms. The van der Waals surface area contributed by atoms with Crippen LogP contribution in [0.2, 0.25) is 0 Å². The van der Waals surface area contributed by atoms with Gasteiger partial charge in [-0.05, 0) is 48.2 Å². The third kappa shape index (κ3) is 3.60. The molecule has 5 nitrogen and oxygen atoms in total. The minimum absolute atomic E-state index is 0.214. The van der Waals surface area contributed by atoms with Crippen molar-refractivity contribution in [3.63, 3.8) is 0 Å². The van der Waals surface area contributed by atoms with Gasteiger partial charge in [0.05, 0.1) is 5.56 Å². The van der Waals surface area contributed by atoms with Crippen LogP contribution in [0.25, 0.3) is 0 Å². The molecule has 1 heterocycles. The van der Waals surface area contributed by atoms with E-state index in [2.05, 4.69) is 15.5 Å². The van der Waals surface area contributed by atoms with Crippen molar-refractivity contribution in [3.8, 4) is 0 Å². The third-order valence-corrected chi connectivity index (χ3v) is 4.23. The maximum atomic E-state index is 13.6. The first kappa shape index (κ1) is 16.1. The normalized spacial score (nSPS) is 10.6. The van der Waals surface area contributed by atoms with Crippen LogP contribution < -0.4 is 5.32 Å². The summed E-state index contributed by atoms with van der Waals surface area (Å²) in [6, 6.07) is 9.81. The summed E-state index contributed by atoms with van der Waals surface area (Å²) in [6.45, 7) is 0. The molecule has 0 aliphatic rings. The largest absolute Gasteiger partial charge is 0.322 e. The predicted octanol–water partition coefficient (Wildman–Crippen LogP) is 3.50. The monoisotopic (exact) mass is 346 g/mol. The van der Waals surface area contributed by atoms with Crippen LogP contribution in [-0.4, -0.2) is 20.7 Å². The molecule has 0 spiro atoms. The van der Waals surface area contributed by atoms with Crippen LogP contribution in [0.15, 0.2) is 58.8 Å². The highest BCUT2D eigenvalue weighted by Crippen LogP contribution is 2.26. The highest BCUT2D eigenvalue weighted by molar-refractivity contribution is 7.99. The number of carbonyl (C=O) groups excluding carboxylic acids is 1. The number of aromatic nitrogens is 3. The van der Waals surface area contributed by atoms with E-state index in [9.17, 15) is 13.6 Å². The van der Waals surface area contributed by atoms with E-state index < -0.39 is 17.5 Å². The van der Waals surface area contributed by atoms with Crippen molar-refractivity contribution in [1.29, 1.82) is 0 Å². The molecule has 1 N–H and O–H groups in total. The Morgan fingerprint density at radius 3 is 2.54 bits per heavy atom. The van der Waals surface area contributed by atoms with E-state index in [4.69, 9.17) is 0 Å². The standard InChI is InChI=1S/C16H12F2N4OS/c1-22-9-19-21-16(22)24-12-5-3-11(4-6-12)20-15(23)13-7-2-10(17)8-14(13)18/h2-9H,1H3,(H,20,23). The molecule has 122 valence electrons. The number of nitrogens with one attached hydrogen (secondary N) is 1. The molecule has 3 rings (SSSR count). The summed E-state index contributed by atoms with van der Waals surface area (Å²) in [5, 5.41) is 11.1. The fourth-order valence-electron chi connectivity index (χ4n) is 1.95. The second-order valence-corrected chi connectivity index (χ2v) is 5.97. The number of amides is 1. The fraction of sp³-hybridized carbons (Fsp3) is 0.0625. The second kappa shape index (κ2) is 6.79. The molecule has 0 fully saturated rings. The number of benzene rings is 2. The quantitative estimate of drug-likeness (QED) is 0.785. The highest BCUT2D eigenvalue weighted by atomic mass is 32.2. The van der Waals surface area contributed by atoms with Crippen molar-refractivity contribution in [2.75, 3.05) is 5.32 Å². The molecule has 0 saturated carbocycles. The van der Waals surface area contributed by atoms with Crippen molar-refractivity contribution in [1.82, 2.24) is 14.8 Å². The van der Waals surface area contributed by atoms with E-state index in [1.165, 1.54) is 11.8 Å². The predicted molar refractivity (Wildman–Crippen MR) is 85.9 cm³/mol. The van der Waals surface area contributed by atoms with E-state index >= 15 is 0 Å². The Hall–Kier alpha value is -2.74. The molecule has 0 bridgehead atoms. The molecule has 0 saturated heterocycles. The topological polar surface area (TPSA) is 59.8 Å². The third-order valence-electron chi connectivity index (χ3n) is 3.17. The second-order valence-electron chi connectivity index (χ2n) is 4.93. The van der Waals surface area contributed by atoms with Gasteiger partial charge in [-0.1, -0.05) is 0 Å². The van der Waals surface area contributed by atoms with Gasteiger partial charge < -0.3 is 9.88 Å². The summed E-state index contributed by atoms with van der Waals surface area (Å²) >= 11 is 1.42. The first-order valence-corrected chi connectivity index (χ1v) is 7.73. The molecule has 0 atom stereocenters. The van der Waals surface area contributed by atoms with Crippen LogP contribution >= 0.6 is 11.8 Å². The summed E-state index contributed by atoms with van der Waals surface area (Å²) < 4.78 is 28.3. The summed E-state index contributed by atoms with van der Waals surface area (Å²) in [7, 11) is 1.84. The summed E-state index contributed by atoms with van der Waals surface area (Å²) in [5.41, 5.74) is 0.292. The van der Waals surface area contributed by atoms with Crippen molar-refractivity contribution >= 4 is 23.4 Å². The molecule has 2 aromatic carbocycles. The van der Waals surface area contributed by atoms with Gasteiger partial charge in [-0.2, -0.15) is 0 Å². The van der Waals surface area contributed by atoms with Crippen molar-refractivity contribution in [2.24, 2.45) is 7.05 Å². The van der Waals surface area contributed by atoms with Crippen molar-refractivity contribution in [2.45, 2.75) is 10.1 Å². The van der Waals surface area contributed by atoms with Crippen LogP contribution in [0, 0.1) is 11.6 Å². The Balaban J connectivity index is 1.69. The van der Waals surface area contributed by atoms with Gasteiger partial charge in [0.15, 0.2) is 5.16 Å². The number of aryl methyl sites for hydroxylation is 1. The van der Waals surface area contributed by atoms with Crippen LogP contribution in [0.4, 0.5) is 14.5 Å². The van der Waals surface area contributed by atoms with Crippen molar-refractivity contribution in [3.05, 3.63) is 66.0 Å². The number of hydrogen-bond donors (Lipinski definition) is 1. The number of carbonyl (C=O) groups is 1. The molecular formula is C16H12F2N4OS. The first-order chi connectivity index (χ1) is 11.5. The van der Waals surface area contributed by atoms with Crippen LogP contribution in [0.1, 0.15) is 10.4 Å². The van der Waals surface area contributed by atoms with E-state index in [1.54, 1.807) is 35.2 Å². The number of halogens is 2. The summed E-state index contributed by atoms with van der Waals surface area (Å²) in [4.78, 5) is 12.9. The van der Waals surface area contributed by atoms with Gasteiger partial charge in [0.1, 0.15) is 18.0 Å². The van der Waals surface area contributed by atoms with E-state index in [0.29, 0.717) is 11.8 Å². The zero-order valence-corrected chi connectivity index (χ0v) is 13.3. The van der Waals surface area contributed by atoms with Gasteiger partial charge in [-0.15, -0.1) is 10.2 Å².